The molecule has 0 saturated carbocycles. The van der Waals surface area contributed by atoms with Crippen LogP contribution in [0.1, 0.15) is 48.0 Å². The van der Waals surface area contributed by atoms with Gasteiger partial charge in [0.2, 0.25) is 6.71 Å². The molecule has 0 spiro atoms. The lowest BCUT2D eigenvalue weighted by molar-refractivity contribution is -0.0800. The van der Waals surface area contributed by atoms with Crippen LogP contribution in [0.2, 0.25) is 6.32 Å². The van der Waals surface area contributed by atoms with Crippen LogP contribution in [0.25, 0.3) is 0 Å². The maximum atomic E-state index is 12.6. The highest BCUT2D eigenvalue weighted by Gasteiger charge is 2.27. The molecule has 0 heterocycles. The van der Waals surface area contributed by atoms with Crippen molar-refractivity contribution < 1.29 is 13.2 Å². The molecular formula is C25H32BF3S2. The molecule has 0 bridgehead atoms. The average Bonchev–Trinajstić information content (AvgIpc) is 2.60. The highest BCUT2D eigenvalue weighted by Crippen LogP contribution is 2.33. The molecular weight excluding hydrogens is 432 g/mol. The molecule has 0 amide bonds. The van der Waals surface area contributed by atoms with Gasteiger partial charge in [-0.25, -0.2) is 0 Å². The van der Waals surface area contributed by atoms with E-state index in [2.05, 4.69) is 65.8 Å². The van der Waals surface area contributed by atoms with Gasteiger partial charge in [0.1, 0.15) is 0 Å². The van der Waals surface area contributed by atoms with E-state index in [-0.39, 0.29) is 16.2 Å². The average molecular weight is 464 g/mol. The lowest BCUT2D eigenvalue weighted by Crippen LogP contribution is -2.44. The minimum absolute atomic E-state index is 0.0231. The lowest BCUT2D eigenvalue weighted by Gasteiger charge is -2.26. The number of benzene rings is 2. The van der Waals surface area contributed by atoms with Crippen molar-refractivity contribution >= 4 is 41.2 Å². The molecule has 2 aromatic carbocycles. The topological polar surface area (TPSA) is 0 Å². The summed E-state index contributed by atoms with van der Waals surface area (Å²) in [6.45, 7) is 13.1. The van der Waals surface area contributed by atoms with Crippen LogP contribution in [0.3, 0.4) is 0 Å². The zero-order chi connectivity index (χ0) is 23.3. The quantitative estimate of drug-likeness (QED) is 0.235. The first-order valence-corrected chi connectivity index (χ1v) is 12.2. The smallest absolute Gasteiger partial charge is 0.167 e. The molecule has 0 saturated heterocycles. The van der Waals surface area contributed by atoms with E-state index < -0.39 is 6.18 Å². The third kappa shape index (κ3) is 9.40. The molecule has 0 aliphatic carbocycles. The molecule has 2 rings (SSSR count). The summed E-state index contributed by atoms with van der Waals surface area (Å²) >= 11 is 3.62. The van der Waals surface area contributed by atoms with E-state index >= 15 is 0 Å². The molecule has 31 heavy (non-hydrogen) atoms. The van der Waals surface area contributed by atoms with Crippen molar-refractivity contribution in [1.82, 2.24) is 0 Å². The first kappa shape index (κ1) is 26.0. The predicted molar refractivity (Wildman–Crippen MR) is 134 cm³/mol. The number of halogens is 3. The summed E-state index contributed by atoms with van der Waals surface area (Å²) in [4.78, 5) is 2.38. The molecule has 0 fully saturated rings. The first-order valence-electron chi connectivity index (χ1n) is 10.6. The third-order valence-corrected chi connectivity index (χ3v) is 6.76. The van der Waals surface area contributed by atoms with Gasteiger partial charge in [-0.1, -0.05) is 101 Å². The molecule has 0 aliphatic heterocycles. The zero-order valence-electron chi connectivity index (χ0n) is 19.2. The Morgan fingerprint density at radius 2 is 1.16 bits per heavy atom. The summed E-state index contributed by atoms with van der Waals surface area (Å²) in [6.07, 6.45) is -1.67. The van der Waals surface area contributed by atoms with Crippen molar-refractivity contribution in [2.45, 2.75) is 79.7 Å². The number of hydrogen-bond donors (Lipinski definition) is 0. The second kappa shape index (κ2) is 10.6. The SMILES string of the molecule is CC(C)(C)Sc1ccccc1B(CCC=CC(F)(F)F)c1ccccc1SC(C)(C)C. The fraction of sp³-hybridized carbons (Fsp3) is 0.440. The highest BCUT2D eigenvalue weighted by atomic mass is 32.2. The monoisotopic (exact) mass is 464 g/mol. The fourth-order valence-corrected chi connectivity index (χ4v) is 5.61. The molecule has 0 N–H and O–H groups in total. The first-order chi connectivity index (χ1) is 14.3. The van der Waals surface area contributed by atoms with Crippen molar-refractivity contribution in [3.05, 3.63) is 60.7 Å². The zero-order valence-corrected chi connectivity index (χ0v) is 20.8. The second-order valence-corrected chi connectivity index (χ2v) is 13.3. The van der Waals surface area contributed by atoms with E-state index in [4.69, 9.17) is 0 Å². The van der Waals surface area contributed by atoms with Gasteiger partial charge in [-0.3, -0.25) is 0 Å². The van der Waals surface area contributed by atoms with Gasteiger partial charge in [-0.05, 0) is 18.6 Å². The molecule has 0 aromatic heterocycles. The largest absolute Gasteiger partial charge is 0.409 e. The van der Waals surface area contributed by atoms with Gasteiger partial charge in [-0.15, -0.1) is 23.5 Å². The molecule has 0 unspecified atom stereocenters. The van der Waals surface area contributed by atoms with Gasteiger partial charge in [0.25, 0.3) is 0 Å². The predicted octanol–water partition coefficient (Wildman–Crippen LogP) is 7.59. The Bertz CT molecular complexity index is 818. The highest BCUT2D eigenvalue weighted by molar-refractivity contribution is 8.01. The maximum Gasteiger partial charge on any atom is 0.409 e. The minimum Gasteiger partial charge on any atom is -0.167 e. The van der Waals surface area contributed by atoms with Crippen molar-refractivity contribution in [1.29, 1.82) is 0 Å². The van der Waals surface area contributed by atoms with Gasteiger partial charge >= 0.3 is 6.18 Å². The Labute approximate surface area is 194 Å². The van der Waals surface area contributed by atoms with Crippen LogP contribution in [0.15, 0.2) is 70.5 Å². The Morgan fingerprint density at radius 3 is 1.55 bits per heavy atom. The van der Waals surface area contributed by atoms with Crippen LogP contribution >= 0.6 is 23.5 Å². The number of alkyl halides is 3. The Balaban J connectivity index is 2.50. The van der Waals surface area contributed by atoms with E-state index in [1.54, 1.807) is 0 Å². The molecule has 168 valence electrons. The summed E-state index contributed by atoms with van der Waals surface area (Å²) in [7, 11) is 0. The molecule has 0 nitrogen and oxygen atoms in total. The van der Waals surface area contributed by atoms with Crippen LogP contribution in [0, 0.1) is 0 Å². The van der Waals surface area contributed by atoms with Crippen LogP contribution in [0.4, 0.5) is 13.2 Å². The maximum absolute atomic E-state index is 12.6. The Morgan fingerprint density at radius 1 is 0.742 bits per heavy atom. The van der Waals surface area contributed by atoms with Crippen molar-refractivity contribution in [3.8, 4) is 0 Å². The summed E-state index contributed by atoms with van der Waals surface area (Å²) in [5, 5.41) is 0. The standard InChI is InChI=1S/C25H32BF3S2/c1-23(2,3)30-21-15-9-7-13-19(21)26(18-12-11-17-25(27,28)29)20-14-8-10-16-22(20)31-24(4,5)6/h7-11,13-17H,12,18H2,1-6H3. The minimum atomic E-state index is -4.27. The lowest BCUT2D eigenvalue weighted by atomic mass is 9.38. The fourth-order valence-electron chi connectivity index (χ4n) is 3.34. The van der Waals surface area contributed by atoms with Crippen LogP contribution < -0.4 is 10.9 Å². The molecule has 0 radical (unpaired) electrons. The second-order valence-electron chi connectivity index (χ2n) is 9.58. The van der Waals surface area contributed by atoms with E-state index in [1.165, 1.54) is 26.8 Å². The number of thioether (sulfide) groups is 2. The summed E-state index contributed by atoms with van der Waals surface area (Å²) in [5.74, 6) is 0. The van der Waals surface area contributed by atoms with E-state index in [1.807, 2.05) is 47.8 Å². The third-order valence-electron chi connectivity index (χ3n) is 4.35. The summed E-state index contributed by atoms with van der Waals surface area (Å²) in [5.41, 5.74) is 2.37. The normalized spacial score (nSPS) is 13.1. The van der Waals surface area contributed by atoms with Gasteiger partial charge in [0.05, 0.1) is 0 Å². The van der Waals surface area contributed by atoms with Crippen molar-refractivity contribution in [2.75, 3.05) is 0 Å². The van der Waals surface area contributed by atoms with Gasteiger partial charge < -0.3 is 0 Å². The molecule has 2 aromatic rings. The van der Waals surface area contributed by atoms with Gasteiger partial charge in [-0.2, -0.15) is 13.2 Å². The van der Waals surface area contributed by atoms with E-state index in [0.717, 1.165) is 0 Å². The summed E-state index contributed by atoms with van der Waals surface area (Å²) in [6, 6.07) is 16.6. The van der Waals surface area contributed by atoms with Gasteiger partial charge in [0, 0.05) is 25.4 Å². The molecule has 6 heteroatoms. The number of allylic oxidation sites excluding steroid dienone is 2. The number of hydrogen-bond acceptors (Lipinski definition) is 2. The Kier molecular flexibility index (Phi) is 8.86. The van der Waals surface area contributed by atoms with Crippen LogP contribution in [-0.2, 0) is 0 Å². The van der Waals surface area contributed by atoms with Crippen molar-refractivity contribution in [3.63, 3.8) is 0 Å². The summed E-state index contributed by atoms with van der Waals surface area (Å²) < 4.78 is 38.0. The molecule has 0 aliphatic rings. The van der Waals surface area contributed by atoms with Crippen LogP contribution in [-0.4, -0.2) is 22.4 Å². The van der Waals surface area contributed by atoms with Gasteiger partial charge in [0.15, 0.2) is 0 Å². The van der Waals surface area contributed by atoms with E-state index in [0.29, 0.717) is 18.8 Å². The van der Waals surface area contributed by atoms with Crippen LogP contribution in [0.5, 0.6) is 0 Å². The molecule has 0 atom stereocenters. The Hall–Kier alpha value is -1.27. The van der Waals surface area contributed by atoms with Crippen molar-refractivity contribution in [2.24, 2.45) is 0 Å². The number of rotatable bonds is 7. The van der Waals surface area contributed by atoms with E-state index in [9.17, 15) is 13.2 Å².